The van der Waals surface area contributed by atoms with Crippen LogP contribution in [0.15, 0.2) is 69.9 Å². The van der Waals surface area contributed by atoms with Crippen LogP contribution in [0.5, 0.6) is 34.5 Å². The van der Waals surface area contributed by atoms with Crippen molar-refractivity contribution in [1.29, 1.82) is 0 Å². The second-order valence-corrected chi connectivity index (χ2v) is 15.2. The largest absolute Gasteiger partial charge is 0.507 e. The first-order chi connectivity index (χ1) is 30.9. The lowest BCUT2D eigenvalue weighted by molar-refractivity contribution is -0.353. The van der Waals surface area contributed by atoms with E-state index in [-0.39, 0.29) is 39.9 Å². The molecule has 1 aliphatic carbocycles. The maximum Gasteiger partial charge on any atom is 0.330 e. The Hall–Kier alpha value is -5.64. The van der Waals surface area contributed by atoms with Gasteiger partial charge in [-0.3, -0.25) is 4.79 Å². The van der Waals surface area contributed by atoms with Gasteiger partial charge in [0.15, 0.2) is 58.6 Å². The van der Waals surface area contributed by atoms with Crippen LogP contribution in [0.3, 0.4) is 0 Å². The van der Waals surface area contributed by atoms with Gasteiger partial charge in [-0.05, 0) is 48.0 Å². The summed E-state index contributed by atoms with van der Waals surface area (Å²) in [7, 11) is 1.34. The lowest BCUT2D eigenvalue weighted by Crippen LogP contribution is -2.64. The Morgan fingerprint density at radius 3 is 2.12 bits per heavy atom. The molecule has 23 nitrogen and oxygen atoms in total. The van der Waals surface area contributed by atoms with Crippen molar-refractivity contribution in [1.82, 2.24) is 0 Å². The zero-order valence-electron chi connectivity index (χ0n) is 33.9. The average molecular weight is 919 g/mol. The van der Waals surface area contributed by atoms with E-state index in [0.29, 0.717) is 5.56 Å². The predicted molar refractivity (Wildman–Crippen MR) is 213 cm³/mol. The molecule has 14 atom stereocenters. The third kappa shape index (κ3) is 10.3. The molecule has 0 amide bonds. The van der Waals surface area contributed by atoms with Gasteiger partial charge in [-0.25, -0.2) is 4.79 Å². The molecule has 2 aromatic carbocycles. The third-order valence-corrected chi connectivity index (χ3v) is 10.8. The molecule has 352 valence electrons. The number of aliphatic hydroxyl groups is 8. The van der Waals surface area contributed by atoms with Gasteiger partial charge in [-0.15, -0.1) is 0 Å². The summed E-state index contributed by atoms with van der Waals surface area (Å²) < 4.78 is 50.9. The smallest absolute Gasteiger partial charge is 0.330 e. The van der Waals surface area contributed by atoms with Gasteiger partial charge in [0.25, 0.3) is 0 Å². The zero-order valence-corrected chi connectivity index (χ0v) is 33.9. The molecule has 65 heavy (non-hydrogen) atoms. The number of aliphatic hydroxyl groups excluding tert-OH is 8. The molecule has 4 aliphatic heterocycles. The minimum Gasteiger partial charge on any atom is -0.507 e. The van der Waals surface area contributed by atoms with Gasteiger partial charge in [0.05, 0.1) is 25.9 Å². The topological polar surface area (TPSA) is 364 Å². The molecule has 12 N–H and O–H groups in total. The Bertz CT molecular complexity index is 2350. The van der Waals surface area contributed by atoms with Crippen LogP contribution in [0.1, 0.15) is 5.56 Å². The van der Waals surface area contributed by atoms with Crippen molar-refractivity contribution in [2.24, 2.45) is 0 Å². The zero-order chi connectivity index (χ0) is 46.9. The molecule has 0 spiro atoms. The Morgan fingerprint density at radius 2 is 1.38 bits per heavy atom. The number of esters is 1. The van der Waals surface area contributed by atoms with Crippen LogP contribution in [0.4, 0.5) is 0 Å². The van der Waals surface area contributed by atoms with E-state index in [1.807, 2.05) is 0 Å². The summed E-state index contributed by atoms with van der Waals surface area (Å²) in [5.41, 5.74) is -0.232. The van der Waals surface area contributed by atoms with E-state index in [0.717, 1.165) is 30.3 Å². The monoisotopic (exact) mass is 918 g/mol. The molecule has 2 aromatic rings. The van der Waals surface area contributed by atoms with E-state index in [1.165, 1.54) is 43.5 Å². The summed E-state index contributed by atoms with van der Waals surface area (Å²) >= 11 is 0. The summed E-state index contributed by atoms with van der Waals surface area (Å²) in [6.07, 6.45) is -22.9. The van der Waals surface area contributed by atoms with Gasteiger partial charge in [-0.2, -0.15) is 0 Å². The first-order valence-corrected chi connectivity index (χ1v) is 19.8. The number of rotatable bonds is 13. The van der Waals surface area contributed by atoms with E-state index >= 15 is 0 Å². The van der Waals surface area contributed by atoms with E-state index in [4.69, 9.17) is 42.3 Å². The van der Waals surface area contributed by atoms with Crippen molar-refractivity contribution in [3.63, 3.8) is 0 Å². The number of carbonyl (C=O) groups is 1. The molecule has 3 saturated heterocycles. The lowest BCUT2D eigenvalue weighted by Gasteiger charge is -2.45. The highest BCUT2D eigenvalue weighted by molar-refractivity contribution is 5.87. The molecule has 7 rings (SSSR count). The summed E-state index contributed by atoms with van der Waals surface area (Å²) in [5.74, 6) is -3.30. The van der Waals surface area contributed by atoms with Gasteiger partial charge in [0, 0.05) is 23.8 Å². The lowest BCUT2D eigenvalue weighted by atomic mass is 9.97. The van der Waals surface area contributed by atoms with E-state index in [2.05, 4.69) is 0 Å². The maximum absolute atomic E-state index is 12.5. The Kier molecular flexibility index (Phi) is 14.5. The fourth-order valence-corrected chi connectivity index (χ4v) is 7.15. The number of methoxy groups -OCH3 is 1. The minimum atomic E-state index is -2.04. The van der Waals surface area contributed by atoms with E-state index < -0.39 is 134 Å². The second kappa shape index (κ2) is 19.8. The molecule has 0 radical (unpaired) electrons. The molecule has 0 bridgehead atoms. The number of carbonyl (C=O) groups excluding carboxylic acids is 1. The number of aromatic hydroxyl groups is 4. The first-order valence-electron chi connectivity index (χ1n) is 19.8. The van der Waals surface area contributed by atoms with Crippen molar-refractivity contribution >= 4 is 12.0 Å². The minimum absolute atomic E-state index is 0.0309. The van der Waals surface area contributed by atoms with E-state index in [9.17, 15) is 70.9 Å². The molecule has 0 saturated carbocycles. The number of hydrogen-bond donors (Lipinski definition) is 12. The van der Waals surface area contributed by atoms with Crippen LogP contribution < -0.4 is 14.9 Å². The summed E-state index contributed by atoms with van der Waals surface area (Å²) in [6.45, 7) is -1.97. The summed E-state index contributed by atoms with van der Waals surface area (Å²) in [6, 6.07) is 10.9. The molecule has 23 heteroatoms. The highest BCUT2D eigenvalue weighted by Gasteiger charge is 2.52. The Labute approximate surface area is 366 Å². The van der Waals surface area contributed by atoms with Crippen LogP contribution in [0.25, 0.3) is 28.7 Å². The maximum atomic E-state index is 12.5. The normalized spacial score (nSPS) is 31.8. The van der Waals surface area contributed by atoms with Crippen molar-refractivity contribution in [2.75, 3.05) is 26.9 Å². The molecular weight excluding hydrogens is 872 g/mol. The summed E-state index contributed by atoms with van der Waals surface area (Å²) in [4.78, 5) is 24.8. The number of ether oxygens (including phenoxy) is 8. The van der Waals surface area contributed by atoms with Crippen molar-refractivity contribution < 1.29 is 108 Å². The summed E-state index contributed by atoms with van der Waals surface area (Å²) in [5, 5.41) is 127. The molecule has 0 aromatic heterocycles. The van der Waals surface area contributed by atoms with E-state index in [1.54, 1.807) is 0 Å². The highest BCUT2D eigenvalue weighted by Crippen LogP contribution is 2.43. The number of phenols is 4. The Morgan fingerprint density at radius 1 is 0.692 bits per heavy atom. The van der Waals surface area contributed by atoms with Gasteiger partial charge in [0.1, 0.15) is 79.2 Å². The molecule has 3 fully saturated rings. The second-order valence-electron chi connectivity index (χ2n) is 15.2. The first kappa shape index (κ1) is 47.3. The van der Waals surface area contributed by atoms with Gasteiger partial charge >= 0.3 is 5.97 Å². The van der Waals surface area contributed by atoms with Gasteiger partial charge in [0.2, 0.25) is 6.29 Å². The van der Waals surface area contributed by atoms with Crippen molar-refractivity contribution in [3.05, 3.63) is 76.5 Å². The molecular formula is C42H46O23. The number of benzene rings is 3. The number of fused-ring (bicyclic) bond motifs is 1. The van der Waals surface area contributed by atoms with Crippen molar-refractivity contribution in [3.8, 4) is 57.1 Å². The van der Waals surface area contributed by atoms with Crippen LogP contribution >= 0.6 is 0 Å². The fourth-order valence-electron chi connectivity index (χ4n) is 7.15. The highest BCUT2D eigenvalue weighted by atomic mass is 16.8. The van der Waals surface area contributed by atoms with Crippen LogP contribution in [0, 0.1) is 0 Å². The number of hydrogen-bond acceptors (Lipinski definition) is 23. The number of phenolic OH excluding ortho intramolecular Hbond substituents is 4. The molecule has 4 heterocycles. The van der Waals surface area contributed by atoms with Gasteiger partial charge < -0.3 is 104 Å². The quantitative estimate of drug-likeness (QED) is 0.0391. The molecule has 5 aliphatic rings. The van der Waals surface area contributed by atoms with Crippen LogP contribution in [0.2, 0.25) is 0 Å². The average Bonchev–Trinajstić information content (AvgIpc) is 3.28. The fraction of sp³-hybridized carbons (Fsp3) is 0.429. The predicted octanol–water partition coefficient (Wildman–Crippen LogP) is -2.03. The SMILES string of the molecule is COc1cc(C=CC(=O)OC[C@H]2O[C@@H](OC[C@H]3O[C@@H](Oc4cc5c(O)cc(=O)cc-5oc4-c4ccc(O)c(O)c4)[C@H](O[C@@H]4OC[C@@H](O)[C@H](O)[C@H]4O)[C@@H](O)[C@@H]3O)[C@H](O)[C@@H](O)[C@@H]2O)ccc1O. The van der Waals surface area contributed by atoms with Gasteiger partial charge in [-0.1, -0.05) is 6.07 Å². The Balaban J connectivity index is 1.12. The standard InChI is InChI=1S/C42H46O23/c1-57-26-8-16(2-5-21(26)45)3-7-30(49)58-14-28-32(51)34(53)37(56)40(63-28)60-15-29-33(52)35(54)39(65-41-36(55)31(50)24(48)13-59-41)42(64-29)62-27-12-19-22(46)10-18(43)11-25(19)61-38(27)17-4-6-20(44)23(47)9-17/h2-12,24,28-29,31-37,39-42,44-48,50-56H,13-15H2,1H3/t24-,28-,29-,31+,32-,33-,34+,35+,36-,37-,39-,40-,41+,42-/m1/s1. The van der Waals surface area contributed by atoms with Crippen molar-refractivity contribution in [2.45, 2.75) is 86.0 Å². The molecule has 0 unspecified atom stereocenters. The third-order valence-electron chi connectivity index (χ3n) is 10.8. The van der Waals surface area contributed by atoms with Crippen LogP contribution in [-0.2, 0) is 33.2 Å². The van der Waals surface area contributed by atoms with Crippen LogP contribution in [-0.4, -0.2) is 180 Å².